The summed E-state index contributed by atoms with van der Waals surface area (Å²) < 4.78 is 5.77. The highest BCUT2D eigenvalue weighted by molar-refractivity contribution is 14.1. The van der Waals surface area contributed by atoms with Gasteiger partial charge in [0.15, 0.2) is 11.5 Å². The fourth-order valence-electron chi connectivity index (χ4n) is 1.12. The lowest BCUT2D eigenvalue weighted by Gasteiger charge is -2.08. The minimum Gasteiger partial charge on any atom is -0.494 e. The highest BCUT2D eigenvalue weighted by Crippen LogP contribution is 2.28. The molecule has 0 spiro atoms. The van der Waals surface area contributed by atoms with E-state index in [-0.39, 0.29) is 5.78 Å². The summed E-state index contributed by atoms with van der Waals surface area (Å²) in [4.78, 5) is 11.2. The van der Waals surface area contributed by atoms with Crippen LogP contribution in [-0.2, 0) is 0 Å². The molecule has 1 rings (SSSR count). The zero-order valence-electron chi connectivity index (χ0n) is 7.80. The molecule has 0 saturated carbocycles. The molecule has 4 heteroatoms. The van der Waals surface area contributed by atoms with Gasteiger partial charge in [0.1, 0.15) is 6.07 Å². The van der Waals surface area contributed by atoms with Gasteiger partial charge in [-0.05, 0) is 41.6 Å². The van der Waals surface area contributed by atoms with Gasteiger partial charge in [-0.25, -0.2) is 0 Å². The number of Topliss-reactive ketones (excluding diaryl/α,β-unsaturated/α-hetero) is 1. The van der Waals surface area contributed by atoms with Gasteiger partial charge in [0, 0.05) is 5.56 Å². The second kappa shape index (κ2) is 4.42. The largest absolute Gasteiger partial charge is 0.494 e. The first-order valence-corrected chi connectivity index (χ1v) is 4.97. The Kier molecular flexibility index (Phi) is 3.47. The van der Waals surface area contributed by atoms with Gasteiger partial charge in [-0.1, -0.05) is 0 Å². The highest BCUT2D eigenvalue weighted by Gasteiger charge is 2.13. The Morgan fingerprint density at radius 1 is 1.57 bits per heavy atom. The van der Waals surface area contributed by atoms with Gasteiger partial charge >= 0.3 is 0 Å². The fourth-order valence-corrected chi connectivity index (χ4v) is 2.19. The van der Waals surface area contributed by atoms with Gasteiger partial charge in [0.05, 0.1) is 16.2 Å². The van der Waals surface area contributed by atoms with Crippen LogP contribution in [0.5, 0.6) is 5.75 Å². The predicted molar refractivity (Wildman–Crippen MR) is 60.4 cm³/mol. The molecule has 3 nitrogen and oxygen atoms in total. The van der Waals surface area contributed by atoms with Crippen molar-refractivity contribution in [3.63, 3.8) is 0 Å². The summed E-state index contributed by atoms with van der Waals surface area (Å²) >= 11 is 2.01. The minimum atomic E-state index is -0.0304. The van der Waals surface area contributed by atoms with E-state index in [1.54, 1.807) is 12.1 Å². The Balaban J connectivity index is 3.44. The lowest BCUT2D eigenvalue weighted by molar-refractivity contribution is 0.101. The van der Waals surface area contributed by atoms with Crippen LogP contribution < -0.4 is 4.74 Å². The molecule has 0 atom stereocenters. The Morgan fingerprint density at radius 2 is 2.21 bits per heavy atom. The number of hydrogen-bond acceptors (Lipinski definition) is 3. The third-order valence-corrected chi connectivity index (χ3v) is 2.87. The number of hydrogen-bond donors (Lipinski definition) is 0. The first-order valence-electron chi connectivity index (χ1n) is 3.89. The van der Waals surface area contributed by atoms with Crippen molar-refractivity contribution >= 4 is 28.4 Å². The maximum atomic E-state index is 11.2. The molecule has 0 heterocycles. The SMILES string of the molecule is COc1c(C#N)ccc(C(C)=O)c1I. The molecule has 0 aliphatic carbocycles. The van der Waals surface area contributed by atoms with Crippen molar-refractivity contribution in [2.24, 2.45) is 0 Å². The second-order valence-electron chi connectivity index (χ2n) is 2.68. The quantitative estimate of drug-likeness (QED) is 0.622. The number of nitrogens with zero attached hydrogens (tertiary/aromatic N) is 1. The van der Waals surface area contributed by atoms with E-state index in [1.807, 2.05) is 28.7 Å². The molecule has 0 radical (unpaired) electrons. The van der Waals surface area contributed by atoms with Crippen LogP contribution in [-0.4, -0.2) is 12.9 Å². The third-order valence-electron chi connectivity index (χ3n) is 1.80. The van der Waals surface area contributed by atoms with Crippen molar-refractivity contribution in [1.29, 1.82) is 5.26 Å². The van der Waals surface area contributed by atoms with Crippen LogP contribution in [0.4, 0.5) is 0 Å². The van der Waals surface area contributed by atoms with E-state index in [0.717, 1.165) is 0 Å². The van der Waals surface area contributed by atoms with E-state index in [9.17, 15) is 4.79 Å². The summed E-state index contributed by atoms with van der Waals surface area (Å²) in [7, 11) is 1.49. The van der Waals surface area contributed by atoms with E-state index >= 15 is 0 Å². The number of nitriles is 1. The third kappa shape index (κ3) is 1.87. The number of benzene rings is 1. The lowest BCUT2D eigenvalue weighted by atomic mass is 10.1. The molecule has 0 fully saturated rings. The van der Waals surface area contributed by atoms with E-state index in [0.29, 0.717) is 20.4 Å². The van der Waals surface area contributed by atoms with Crippen LogP contribution in [0, 0.1) is 14.9 Å². The van der Waals surface area contributed by atoms with Crippen molar-refractivity contribution < 1.29 is 9.53 Å². The van der Waals surface area contributed by atoms with Gasteiger partial charge < -0.3 is 4.74 Å². The average Bonchev–Trinajstić information content (AvgIpc) is 2.16. The molecule has 0 unspecified atom stereocenters. The van der Waals surface area contributed by atoms with Crippen molar-refractivity contribution in [2.75, 3.05) is 7.11 Å². The van der Waals surface area contributed by atoms with Crippen molar-refractivity contribution in [3.8, 4) is 11.8 Å². The number of rotatable bonds is 2. The molecule has 0 aliphatic heterocycles. The van der Waals surface area contributed by atoms with Crippen LogP contribution in [0.25, 0.3) is 0 Å². The minimum absolute atomic E-state index is 0.0304. The smallest absolute Gasteiger partial charge is 0.161 e. The molecular weight excluding hydrogens is 293 g/mol. The number of ketones is 1. The topological polar surface area (TPSA) is 50.1 Å². The first-order chi connectivity index (χ1) is 6.61. The van der Waals surface area contributed by atoms with Crippen molar-refractivity contribution in [3.05, 3.63) is 26.8 Å². The zero-order chi connectivity index (χ0) is 10.7. The Morgan fingerprint density at radius 3 is 2.64 bits per heavy atom. The number of ether oxygens (including phenoxy) is 1. The van der Waals surface area contributed by atoms with Gasteiger partial charge in [0.2, 0.25) is 0 Å². The predicted octanol–water partition coefficient (Wildman–Crippen LogP) is 2.37. The van der Waals surface area contributed by atoms with Crippen LogP contribution in [0.15, 0.2) is 12.1 Å². The summed E-state index contributed by atoms with van der Waals surface area (Å²) in [5, 5.41) is 8.79. The molecule has 0 aliphatic rings. The Bertz CT molecular complexity index is 421. The summed E-state index contributed by atoms with van der Waals surface area (Å²) in [6.07, 6.45) is 0. The fraction of sp³-hybridized carbons (Fsp3) is 0.200. The molecule has 0 bridgehead atoms. The molecule has 1 aromatic carbocycles. The van der Waals surface area contributed by atoms with Crippen LogP contribution in [0.2, 0.25) is 0 Å². The van der Waals surface area contributed by atoms with Crippen LogP contribution in [0.3, 0.4) is 0 Å². The van der Waals surface area contributed by atoms with Gasteiger partial charge in [0.25, 0.3) is 0 Å². The standard InChI is InChI=1S/C10H8INO2/c1-6(13)8-4-3-7(5-12)10(14-2)9(8)11/h3-4H,1-2H3. The van der Waals surface area contributed by atoms with E-state index in [4.69, 9.17) is 10.00 Å². The molecule has 0 amide bonds. The van der Waals surface area contributed by atoms with Crippen molar-refractivity contribution in [1.82, 2.24) is 0 Å². The summed E-state index contributed by atoms with van der Waals surface area (Å²) in [5.74, 6) is 0.443. The van der Waals surface area contributed by atoms with Crippen molar-refractivity contribution in [2.45, 2.75) is 6.92 Å². The lowest BCUT2D eigenvalue weighted by Crippen LogP contribution is -2.00. The normalized spacial score (nSPS) is 9.29. The summed E-state index contributed by atoms with van der Waals surface area (Å²) in [6, 6.07) is 5.25. The molecule has 0 saturated heterocycles. The molecule has 14 heavy (non-hydrogen) atoms. The van der Waals surface area contributed by atoms with E-state index < -0.39 is 0 Å². The second-order valence-corrected chi connectivity index (χ2v) is 3.75. The van der Waals surface area contributed by atoms with E-state index in [1.165, 1.54) is 14.0 Å². The van der Waals surface area contributed by atoms with Gasteiger partial charge in [-0.3, -0.25) is 4.79 Å². The van der Waals surface area contributed by atoms with Gasteiger partial charge in [-0.15, -0.1) is 0 Å². The summed E-state index contributed by atoms with van der Waals surface area (Å²) in [5.41, 5.74) is 1.03. The Labute approximate surface area is 95.8 Å². The average molecular weight is 301 g/mol. The monoisotopic (exact) mass is 301 g/mol. The van der Waals surface area contributed by atoms with Crippen LogP contribution >= 0.6 is 22.6 Å². The Hall–Kier alpha value is -1.09. The molecule has 0 aromatic heterocycles. The van der Waals surface area contributed by atoms with Gasteiger partial charge in [-0.2, -0.15) is 5.26 Å². The summed E-state index contributed by atoms with van der Waals surface area (Å²) in [6.45, 7) is 1.49. The molecule has 72 valence electrons. The van der Waals surface area contributed by atoms with Crippen LogP contribution in [0.1, 0.15) is 22.8 Å². The van der Waals surface area contributed by atoms with E-state index in [2.05, 4.69) is 0 Å². The molecular formula is C10H8INO2. The zero-order valence-corrected chi connectivity index (χ0v) is 9.95. The molecule has 1 aromatic rings. The maximum Gasteiger partial charge on any atom is 0.161 e. The number of carbonyl (C=O) groups excluding carboxylic acids is 1. The number of halogens is 1. The first kappa shape index (κ1) is 11.0. The number of methoxy groups -OCH3 is 1. The maximum absolute atomic E-state index is 11.2. The number of carbonyl (C=O) groups is 1. The highest BCUT2D eigenvalue weighted by atomic mass is 127. The molecule has 0 N–H and O–H groups in total.